The zero-order valence-corrected chi connectivity index (χ0v) is 20.1. The molecule has 2 aromatic carbocycles. The Balaban J connectivity index is 2.79. The molecular formula is C22H26F4O3SSi. The van der Waals surface area contributed by atoms with E-state index in [-0.39, 0.29) is 10.8 Å². The lowest BCUT2D eigenvalue weighted by atomic mass is 10.0. The third kappa shape index (κ3) is 4.90. The third-order valence-electron chi connectivity index (χ3n) is 5.67. The molecule has 0 saturated carbocycles. The largest absolute Gasteiger partial charge is 0.534 e. The van der Waals surface area contributed by atoms with Gasteiger partial charge in [0.05, 0.1) is 0 Å². The average Bonchev–Trinajstić information content (AvgIpc) is 2.59. The predicted molar refractivity (Wildman–Crippen MR) is 117 cm³/mol. The van der Waals surface area contributed by atoms with Crippen molar-refractivity contribution in [3.63, 3.8) is 0 Å². The summed E-state index contributed by atoms with van der Waals surface area (Å²) < 4.78 is 80.1. The molecule has 0 amide bonds. The molecule has 0 radical (unpaired) electrons. The first kappa shape index (κ1) is 25.2. The monoisotopic (exact) mass is 474 g/mol. The average molecular weight is 475 g/mol. The normalized spacial score (nSPS) is 13.1. The molecule has 170 valence electrons. The van der Waals surface area contributed by atoms with Gasteiger partial charge in [0.2, 0.25) is 0 Å². The molecule has 0 heterocycles. The van der Waals surface area contributed by atoms with Crippen molar-refractivity contribution in [2.75, 3.05) is 0 Å². The van der Waals surface area contributed by atoms with E-state index in [1.54, 1.807) is 12.1 Å². The first-order valence-electron chi connectivity index (χ1n) is 9.89. The van der Waals surface area contributed by atoms with Gasteiger partial charge < -0.3 is 4.18 Å². The molecule has 3 nitrogen and oxygen atoms in total. The van der Waals surface area contributed by atoms with Crippen LogP contribution in [0.3, 0.4) is 0 Å². The molecule has 0 N–H and O–H groups in total. The standard InChI is InChI=1S/C22H26F4O3SSi/c1-14(2)31(15(3)4,16(5)6)11-10-17-8-7-9-18-12-19(23)13-20(21(17)18)29-30(27,28)22(24,25)26/h7-9,12-16H,1-6H3. The minimum absolute atomic E-state index is 0.0309. The van der Waals surface area contributed by atoms with E-state index in [2.05, 4.69) is 57.2 Å². The highest BCUT2D eigenvalue weighted by atomic mass is 32.2. The molecule has 9 heteroatoms. The van der Waals surface area contributed by atoms with Gasteiger partial charge >= 0.3 is 15.6 Å². The van der Waals surface area contributed by atoms with Gasteiger partial charge in [0.15, 0.2) is 5.75 Å². The topological polar surface area (TPSA) is 43.4 Å². The molecular weight excluding hydrogens is 448 g/mol. The predicted octanol–water partition coefficient (Wildman–Crippen LogP) is 6.78. The minimum atomic E-state index is -5.97. The van der Waals surface area contributed by atoms with E-state index in [0.717, 1.165) is 6.07 Å². The van der Waals surface area contributed by atoms with Gasteiger partial charge in [-0.2, -0.15) is 21.6 Å². The summed E-state index contributed by atoms with van der Waals surface area (Å²) in [4.78, 5) is 0. The van der Waals surface area contributed by atoms with Gasteiger partial charge in [-0.25, -0.2) is 4.39 Å². The molecule has 0 unspecified atom stereocenters. The number of benzene rings is 2. The van der Waals surface area contributed by atoms with Crippen molar-refractivity contribution < 1.29 is 30.2 Å². The smallest absolute Gasteiger partial charge is 0.375 e. The fourth-order valence-corrected chi connectivity index (χ4v) is 9.98. The van der Waals surface area contributed by atoms with Crippen molar-refractivity contribution in [2.24, 2.45) is 0 Å². The van der Waals surface area contributed by atoms with Crippen molar-refractivity contribution in [3.8, 4) is 17.2 Å². The maximum atomic E-state index is 14.0. The SMILES string of the molecule is CC(C)[Si](C#Cc1cccc2cc(F)cc(OS(=O)(=O)C(F)(F)F)c12)(C(C)C)C(C)C. The van der Waals surface area contributed by atoms with E-state index in [1.165, 1.54) is 6.07 Å². The molecule has 2 aromatic rings. The quantitative estimate of drug-likeness (QED) is 0.158. The van der Waals surface area contributed by atoms with E-state index in [9.17, 15) is 26.0 Å². The Hall–Kier alpha value is -2.05. The van der Waals surface area contributed by atoms with Crippen LogP contribution in [-0.4, -0.2) is 22.0 Å². The van der Waals surface area contributed by atoms with Crippen LogP contribution >= 0.6 is 0 Å². The highest BCUT2D eigenvalue weighted by Crippen LogP contribution is 2.41. The second kappa shape index (κ2) is 8.83. The van der Waals surface area contributed by atoms with Crippen LogP contribution in [0.1, 0.15) is 47.1 Å². The van der Waals surface area contributed by atoms with E-state index in [0.29, 0.717) is 28.3 Å². The summed E-state index contributed by atoms with van der Waals surface area (Å²) in [5.74, 6) is 1.44. The molecule has 0 atom stereocenters. The molecule has 0 bridgehead atoms. The lowest BCUT2D eigenvalue weighted by Crippen LogP contribution is -2.43. The third-order valence-corrected chi connectivity index (χ3v) is 12.9. The summed E-state index contributed by atoms with van der Waals surface area (Å²) in [5.41, 5.74) is -0.959. The van der Waals surface area contributed by atoms with Gasteiger partial charge in [0, 0.05) is 17.0 Å². The van der Waals surface area contributed by atoms with E-state index in [1.807, 2.05) is 0 Å². The first-order valence-corrected chi connectivity index (χ1v) is 13.5. The fourth-order valence-electron chi connectivity index (χ4n) is 4.30. The van der Waals surface area contributed by atoms with Crippen LogP contribution in [-0.2, 0) is 10.1 Å². The fraction of sp³-hybridized carbons (Fsp3) is 0.455. The van der Waals surface area contributed by atoms with Gasteiger partial charge in [-0.3, -0.25) is 0 Å². The number of alkyl halides is 3. The zero-order valence-electron chi connectivity index (χ0n) is 18.3. The molecule has 0 aliphatic rings. The summed E-state index contributed by atoms with van der Waals surface area (Å²) >= 11 is 0. The molecule has 0 aliphatic carbocycles. The lowest BCUT2D eigenvalue weighted by molar-refractivity contribution is -0.0499. The highest BCUT2D eigenvalue weighted by molar-refractivity contribution is 7.88. The number of rotatable bonds is 5. The lowest BCUT2D eigenvalue weighted by Gasteiger charge is -2.38. The second-order valence-corrected chi connectivity index (χ2v) is 15.6. The van der Waals surface area contributed by atoms with Crippen molar-refractivity contribution in [3.05, 3.63) is 41.7 Å². The van der Waals surface area contributed by atoms with Gasteiger partial charge in [-0.1, -0.05) is 59.6 Å². The molecule has 0 aliphatic heterocycles. The Morgan fingerprint density at radius 1 is 0.968 bits per heavy atom. The Kier molecular flexibility index (Phi) is 7.18. The number of hydrogen-bond acceptors (Lipinski definition) is 3. The molecule has 0 spiro atoms. The first-order chi connectivity index (χ1) is 14.1. The van der Waals surface area contributed by atoms with Crippen LogP contribution in [0.2, 0.25) is 16.6 Å². The number of halogens is 4. The van der Waals surface area contributed by atoms with Gasteiger partial charge in [-0.15, -0.1) is 5.54 Å². The summed E-state index contributed by atoms with van der Waals surface area (Å²) in [5, 5.41) is 0.230. The van der Waals surface area contributed by atoms with Crippen LogP contribution in [0.5, 0.6) is 5.75 Å². The maximum Gasteiger partial charge on any atom is 0.534 e. The Morgan fingerprint density at radius 3 is 2.00 bits per heavy atom. The van der Waals surface area contributed by atoms with Gasteiger partial charge in [0.25, 0.3) is 0 Å². The van der Waals surface area contributed by atoms with Gasteiger partial charge in [-0.05, 0) is 34.1 Å². The number of fused-ring (bicyclic) bond motifs is 1. The van der Waals surface area contributed by atoms with Crippen molar-refractivity contribution >= 4 is 29.0 Å². The maximum absolute atomic E-state index is 14.0. The summed E-state index contributed by atoms with van der Waals surface area (Å²) in [7, 11) is -8.14. The molecule has 2 rings (SSSR count). The van der Waals surface area contributed by atoms with E-state index >= 15 is 0 Å². The molecule has 31 heavy (non-hydrogen) atoms. The Bertz CT molecular complexity index is 1110. The second-order valence-electron chi connectivity index (χ2n) is 8.44. The highest BCUT2D eigenvalue weighted by Gasteiger charge is 2.49. The van der Waals surface area contributed by atoms with E-state index in [4.69, 9.17) is 0 Å². The number of hydrogen-bond donors (Lipinski definition) is 0. The van der Waals surface area contributed by atoms with Crippen LogP contribution in [0, 0.1) is 17.3 Å². The molecule has 0 saturated heterocycles. The van der Waals surface area contributed by atoms with Crippen LogP contribution < -0.4 is 4.18 Å². The molecule has 0 fully saturated rings. The van der Waals surface area contributed by atoms with E-state index < -0.39 is 35.3 Å². The zero-order chi connectivity index (χ0) is 23.8. The van der Waals surface area contributed by atoms with Crippen LogP contribution in [0.25, 0.3) is 10.8 Å². The van der Waals surface area contributed by atoms with Crippen molar-refractivity contribution in [1.29, 1.82) is 0 Å². The van der Waals surface area contributed by atoms with Crippen LogP contribution in [0.15, 0.2) is 30.3 Å². The van der Waals surface area contributed by atoms with Gasteiger partial charge in [0.1, 0.15) is 13.9 Å². The minimum Gasteiger partial charge on any atom is -0.375 e. The molecule has 0 aromatic heterocycles. The Morgan fingerprint density at radius 2 is 1.52 bits per heavy atom. The van der Waals surface area contributed by atoms with Crippen molar-refractivity contribution in [1.82, 2.24) is 0 Å². The Labute approximate surface area is 181 Å². The van der Waals surface area contributed by atoms with Crippen LogP contribution in [0.4, 0.5) is 17.6 Å². The summed E-state index contributed by atoms with van der Waals surface area (Å²) in [6.07, 6.45) is 0. The van der Waals surface area contributed by atoms with Crippen molar-refractivity contribution in [2.45, 2.75) is 63.7 Å². The summed E-state index contributed by atoms with van der Waals surface area (Å²) in [6.45, 7) is 12.7. The summed E-state index contributed by atoms with van der Waals surface area (Å²) in [6, 6.07) is 6.37.